The molecule has 0 saturated heterocycles. The third-order valence-corrected chi connectivity index (χ3v) is 5.23. The zero-order chi connectivity index (χ0) is 14.6. The number of hydrogen-bond donors (Lipinski definition) is 0. The zero-order valence-electron chi connectivity index (χ0n) is 10.7. The lowest BCUT2D eigenvalue weighted by Crippen LogP contribution is -2.28. The Hall–Kier alpha value is -1.48. The van der Waals surface area contributed by atoms with Crippen molar-refractivity contribution < 1.29 is 17.2 Å². The highest BCUT2D eigenvalue weighted by atomic mass is 32.2. The van der Waals surface area contributed by atoms with Crippen molar-refractivity contribution in [3.05, 3.63) is 29.8 Å². The highest BCUT2D eigenvalue weighted by Crippen LogP contribution is 2.26. The van der Waals surface area contributed by atoms with E-state index in [1.807, 2.05) is 0 Å². The van der Waals surface area contributed by atoms with E-state index in [9.17, 15) is 17.2 Å². The van der Waals surface area contributed by atoms with E-state index in [4.69, 9.17) is 5.26 Å². The summed E-state index contributed by atoms with van der Waals surface area (Å²) in [5.74, 6) is -2.68. The molecule has 1 rings (SSSR count). The van der Waals surface area contributed by atoms with Crippen LogP contribution in [0.2, 0.25) is 0 Å². The lowest BCUT2D eigenvalue weighted by Gasteiger charge is -2.19. The molecule has 1 atom stereocenters. The van der Waals surface area contributed by atoms with E-state index in [2.05, 4.69) is 0 Å². The molecule has 0 saturated carbocycles. The first kappa shape index (κ1) is 15.6. The molecule has 0 aliphatic heterocycles. The number of hydrogen-bond acceptors (Lipinski definition) is 3. The van der Waals surface area contributed by atoms with Crippen molar-refractivity contribution in [2.24, 2.45) is 5.92 Å². The van der Waals surface area contributed by atoms with E-state index in [0.29, 0.717) is 18.9 Å². The van der Waals surface area contributed by atoms with Gasteiger partial charge in [-0.25, -0.2) is 17.2 Å². The molecule has 6 heteroatoms. The van der Waals surface area contributed by atoms with E-state index < -0.39 is 26.7 Å². The SMILES string of the molecule is CCC(CC)C(C#N)S(=O)(=O)c1ccc(F)c(F)c1. The topological polar surface area (TPSA) is 57.9 Å². The summed E-state index contributed by atoms with van der Waals surface area (Å²) in [6, 6.07) is 4.14. The quantitative estimate of drug-likeness (QED) is 0.782. The van der Waals surface area contributed by atoms with Gasteiger partial charge in [0.05, 0.1) is 11.0 Å². The molecule has 0 N–H and O–H groups in total. The molecule has 0 spiro atoms. The van der Waals surface area contributed by atoms with Crippen LogP contribution in [-0.2, 0) is 9.84 Å². The Labute approximate surface area is 111 Å². The summed E-state index contributed by atoms with van der Waals surface area (Å²) in [4.78, 5) is -0.357. The van der Waals surface area contributed by atoms with Crippen molar-refractivity contribution in [3.8, 4) is 6.07 Å². The van der Waals surface area contributed by atoms with Crippen LogP contribution in [0.4, 0.5) is 8.78 Å². The summed E-state index contributed by atoms with van der Waals surface area (Å²) < 4.78 is 50.5. The van der Waals surface area contributed by atoms with Gasteiger partial charge in [0.15, 0.2) is 26.7 Å². The Morgan fingerprint density at radius 3 is 2.21 bits per heavy atom. The molecule has 1 aromatic carbocycles. The van der Waals surface area contributed by atoms with Crippen LogP contribution in [0.1, 0.15) is 26.7 Å². The summed E-state index contributed by atoms with van der Waals surface area (Å²) in [5, 5.41) is 7.84. The van der Waals surface area contributed by atoms with Crippen molar-refractivity contribution in [1.29, 1.82) is 5.26 Å². The minimum atomic E-state index is -3.98. The molecular weight excluding hydrogens is 272 g/mol. The molecule has 3 nitrogen and oxygen atoms in total. The molecular formula is C13H15F2NO2S. The predicted molar refractivity (Wildman–Crippen MR) is 67.0 cm³/mol. The molecule has 1 aromatic rings. The maximum Gasteiger partial charge on any atom is 0.194 e. The molecule has 104 valence electrons. The zero-order valence-corrected chi connectivity index (χ0v) is 11.5. The molecule has 1 unspecified atom stereocenters. The number of benzene rings is 1. The number of nitrogens with zero attached hydrogens (tertiary/aromatic N) is 1. The first-order chi connectivity index (χ1) is 8.88. The van der Waals surface area contributed by atoms with Gasteiger partial charge in [0, 0.05) is 0 Å². The van der Waals surface area contributed by atoms with Gasteiger partial charge in [-0.3, -0.25) is 0 Å². The summed E-state index contributed by atoms with van der Waals surface area (Å²) in [6.45, 7) is 3.58. The van der Waals surface area contributed by atoms with Crippen LogP contribution in [0.5, 0.6) is 0 Å². The van der Waals surface area contributed by atoms with Gasteiger partial charge in [0.2, 0.25) is 0 Å². The molecule has 0 radical (unpaired) electrons. The van der Waals surface area contributed by atoms with Crippen LogP contribution < -0.4 is 0 Å². The van der Waals surface area contributed by atoms with E-state index in [1.54, 1.807) is 19.9 Å². The largest absolute Gasteiger partial charge is 0.222 e. The van der Waals surface area contributed by atoms with Crippen LogP contribution in [0.25, 0.3) is 0 Å². The maximum atomic E-state index is 13.1. The summed E-state index contributed by atoms with van der Waals surface area (Å²) >= 11 is 0. The second kappa shape index (κ2) is 6.11. The summed E-state index contributed by atoms with van der Waals surface area (Å²) in [7, 11) is -3.98. The monoisotopic (exact) mass is 287 g/mol. The average molecular weight is 287 g/mol. The number of halogens is 2. The van der Waals surface area contributed by atoms with Gasteiger partial charge in [0.1, 0.15) is 0 Å². The second-order valence-electron chi connectivity index (χ2n) is 4.25. The van der Waals surface area contributed by atoms with Crippen LogP contribution in [0.15, 0.2) is 23.1 Å². The van der Waals surface area contributed by atoms with Gasteiger partial charge < -0.3 is 0 Å². The summed E-state index contributed by atoms with van der Waals surface area (Å²) in [5.41, 5.74) is 0. The molecule has 0 fully saturated rings. The van der Waals surface area contributed by atoms with E-state index in [1.165, 1.54) is 0 Å². The lowest BCUT2D eigenvalue weighted by atomic mass is 10.0. The molecule has 0 bridgehead atoms. The Kier molecular flexibility index (Phi) is 5.01. The summed E-state index contributed by atoms with van der Waals surface area (Å²) in [6.07, 6.45) is 1.05. The molecule has 0 aromatic heterocycles. The Morgan fingerprint density at radius 2 is 1.79 bits per heavy atom. The van der Waals surface area contributed by atoms with E-state index >= 15 is 0 Å². The first-order valence-corrected chi connectivity index (χ1v) is 7.51. The number of rotatable bonds is 5. The first-order valence-electron chi connectivity index (χ1n) is 5.97. The highest BCUT2D eigenvalue weighted by Gasteiger charge is 2.33. The average Bonchev–Trinajstić information content (AvgIpc) is 2.38. The molecule has 0 aliphatic rings. The molecule has 0 aliphatic carbocycles. The third-order valence-electron chi connectivity index (χ3n) is 3.16. The Bertz CT molecular complexity index is 589. The Morgan fingerprint density at radius 1 is 1.21 bits per heavy atom. The van der Waals surface area contributed by atoms with Gasteiger partial charge in [-0.2, -0.15) is 5.26 Å². The normalized spacial score (nSPS) is 13.3. The van der Waals surface area contributed by atoms with Crippen LogP contribution in [0, 0.1) is 28.9 Å². The lowest BCUT2D eigenvalue weighted by molar-refractivity contribution is 0.484. The van der Waals surface area contributed by atoms with Gasteiger partial charge in [-0.1, -0.05) is 26.7 Å². The van der Waals surface area contributed by atoms with Crippen LogP contribution in [-0.4, -0.2) is 13.7 Å². The number of sulfone groups is 1. The minimum absolute atomic E-state index is 0.330. The smallest absolute Gasteiger partial charge is 0.194 e. The van der Waals surface area contributed by atoms with Gasteiger partial charge in [-0.15, -0.1) is 0 Å². The van der Waals surface area contributed by atoms with Crippen molar-refractivity contribution in [1.82, 2.24) is 0 Å². The van der Waals surface area contributed by atoms with Crippen molar-refractivity contribution in [2.75, 3.05) is 0 Å². The standard InChI is InChI=1S/C13H15F2NO2S/c1-3-9(4-2)13(8-16)19(17,18)10-5-6-11(14)12(15)7-10/h5-7,9,13H,3-4H2,1-2H3. The van der Waals surface area contributed by atoms with Crippen molar-refractivity contribution in [3.63, 3.8) is 0 Å². The fourth-order valence-electron chi connectivity index (χ4n) is 1.95. The number of nitriles is 1. The molecule has 0 heterocycles. The highest BCUT2D eigenvalue weighted by molar-refractivity contribution is 7.92. The predicted octanol–water partition coefficient (Wildman–Crippen LogP) is 3.07. The van der Waals surface area contributed by atoms with Crippen LogP contribution >= 0.6 is 0 Å². The second-order valence-corrected chi connectivity index (χ2v) is 6.32. The van der Waals surface area contributed by atoms with Crippen molar-refractivity contribution in [2.45, 2.75) is 36.8 Å². The minimum Gasteiger partial charge on any atom is -0.222 e. The molecule has 0 amide bonds. The van der Waals surface area contributed by atoms with Gasteiger partial charge >= 0.3 is 0 Å². The maximum absolute atomic E-state index is 13.1. The van der Waals surface area contributed by atoms with Crippen molar-refractivity contribution >= 4 is 9.84 Å². The van der Waals surface area contributed by atoms with Gasteiger partial charge in [0.25, 0.3) is 0 Å². The van der Waals surface area contributed by atoms with E-state index in [0.717, 1.165) is 12.1 Å². The Balaban J connectivity index is 3.29. The fraction of sp³-hybridized carbons (Fsp3) is 0.462. The van der Waals surface area contributed by atoms with Crippen LogP contribution in [0.3, 0.4) is 0 Å². The third kappa shape index (κ3) is 3.10. The molecule has 19 heavy (non-hydrogen) atoms. The van der Waals surface area contributed by atoms with Gasteiger partial charge in [-0.05, 0) is 24.1 Å². The fourth-order valence-corrected chi connectivity index (χ4v) is 3.79. The van der Waals surface area contributed by atoms with E-state index in [-0.39, 0.29) is 10.8 Å².